The number of carbonyl (C=O) groups is 1. The van der Waals surface area contributed by atoms with Crippen molar-refractivity contribution in [3.63, 3.8) is 0 Å². The molecule has 5 heteroatoms. The first-order chi connectivity index (χ1) is 9.11. The lowest BCUT2D eigenvalue weighted by Crippen LogP contribution is -2.36. The molecule has 0 aliphatic carbocycles. The molecule has 0 aromatic heterocycles. The second-order valence-electron chi connectivity index (χ2n) is 4.72. The van der Waals surface area contributed by atoms with Crippen molar-refractivity contribution in [3.8, 4) is 0 Å². The summed E-state index contributed by atoms with van der Waals surface area (Å²) in [6.45, 7) is 3.59. The summed E-state index contributed by atoms with van der Waals surface area (Å²) < 4.78 is 5.06. The van der Waals surface area contributed by atoms with Crippen LogP contribution in [0.15, 0.2) is 18.2 Å². The Morgan fingerprint density at radius 1 is 1.47 bits per heavy atom. The normalized spacial score (nSPS) is 16.4. The van der Waals surface area contributed by atoms with Gasteiger partial charge in [-0.25, -0.2) is 4.79 Å². The van der Waals surface area contributed by atoms with E-state index in [0.29, 0.717) is 30.7 Å². The van der Waals surface area contributed by atoms with Crippen molar-refractivity contribution >= 4 is 17.3 Å². The number of nitrogen functional groups attached to an aromatic ring is 1. The summed E-state index contributed by atoms with van der Waals surface area (Å²) in [4.78, 5) is 14.1. The van der Waals surface area contributed by atoms with Gasteiger partial charge in [-0.3, -0.25) is 0 Å². The van der Waals surface area contributed by atoms with E-state index in [-0.39, 0.29) is 12.1 Å². The Bertz CT molecular complexity index is 454. The summed E-state index contributed by atoms with van der Waals surface area (Å²) in [6, 6.07) is 5.28. The summed E-state index contributed by atoms with van der Waals surface area (Å²) in [5.41, 5.74) is 7.62. The molecular weight excluding hydrogens is 244 g/mol. The number of aliphatic hydroxyl groups excluding tert-OH is 1. The third-order valence-corrected chi connectivity index (χ3v) is 3.32. The van der Waals surface area contributed by atoms with Gasteiger partial charge in [0.05, 0.1) is 24.0 Å². The van der Waals surface area contributed by atoms with Gasteiger partial charge in [0.25, 0.3) is 0 Å². The third kappa shape index (κ3) is 3.17. The summed E-state index contributed by atoms with van der Waals surface area (Å²) >= 11 is 0. The molecule has 0 unspecified atom stereocenters. The maximum absolute atomic E-state index is 12.0. The summed E-state index contributed by atoms with van der Waals surface area (Å²) in [5.74, 6) is -0.351. The highest BCUT2D eigenvalue weighted by atomic mass is 16.5. The molecule has 1 aliphatic rings. The van der Waals surface area contributed by atoms with Gasteiger partial charge in [0.15, 0.2) is 0 Å². The molecule has 2 rings (SSSR count). The minimum Gasteiger partial charge on any atom is -0.462 e. The van der Waals surface area contributed by atoms with E-state index in [2.05, 4.69) is 4.90 Å². The van der Waals surface area contributed by atoms with Crippen LogP contribution in [0.1, 0.15) is 30.1 Å². The van der Waals surface area contributed by atoms with E-state index >= 15 is 0 Å². The Balaban J connectivity index is 2.26. The number of hydrogen-bond donors (Lipinski definition) is 2. The van der Waals surface area contributed by atoms with E-state index in [1.807, 2.05) is 6.07 Å². The molecule has 5 nitrogen and oxygen atoms in total. The Labute approximate surface area is 113 Å². The van der Waals surface area contributed by atoms with Gasteiger partial charge in [-0.05, 0) is 38.0 Å². The number of carbonyl (C=O) groups excluding carboxylic acids is 1. The number of nitrogens with zero attached hydrogens (tertiary/aromatic N) is 1. The fraction of sp³-hybridized carbons (Fsp3) is 0.500. The summed E-state index contributed by atoms with van der Waals surface area (Å²) in [5, 5.41) is 9.54. The lowest BCUT2D eigenvalue weighted by molar-refractivity contribution is 0.0527. The number of esters is 1. The van der Waals surface area contributed by atoms with Crippen LogP contribution in [0.4, 0.5) is 11.4 Å². The molecule has 1 saturated heterocycles. The van der Waals surface area contributed by atoms with Crippen molar-refractivity contribution < 1.29 is 14.6 Å². The Morgan fingerprint density at radius 3 is 2.79 bits per heavy atom. The highest BCUT2D eigenvalue weighted by Gasteiger charge is 2.22. The first-order valence-corrected chi connectivity index (χ1v) is 6.61. The van der Waals surface area contributed by atoms with Gasteiger partial charge in [-0.1, -0.05) is 0 Å². The second-order valence-corrected chi connectivity index (χ2v) is 4.72. The molecule has 1 fully saturated rings. The van der Waals surface area contributed by atoms with Gasteiger partial charge in [-0.2, -0.15) is 0 Å². The third-order valence-electron chi connectivity index (χ3n) is 3.32. The van der Waals surface area contributed by atoms with Crippen molar-refractivity contribution in [1.82, 2.24) is 0 Å². The van der Waals surface area contributed by atoms with Crippen LogP contribution >= 0.6 is 0 Å². The monoisotopic (exact) mass is 264 g/mol. The molecule has 1 aromatic carbocycles. The number of ether oxygens (including phenoxy) is 1. The van der Waals surface area contributed by atoms with Crippen molar-refractivity contribution in [2.24, 2.45) is 0 Å². The van der Waals surface area contributed by atoms with Gasteiger partial charge >= 0.3 is 5.97 Å². The first-order valence-electron chi connectivity index (χ1n) is 6.61. The van der Waals surface area contributed by atoms with Crippen LogP contribution in [0.25, 0.3) is 0 Å². The van der Waals surface area contributed by atoms with Crippen molar-refractivity contribution in [2.45, 2.75) is 25.9 Å². The predicted octanol–water partition coefficient (Wildman–Crippen LogP) is 1.41. The maximum atomic E-state index is 12.0. The number of anilines is 2. The van der Waals surface area contributed by atoms with E-state index in [4.69, 9.17) is 10.5 Å². The summed E-state index contributed by atoms with van der Waals surface area (Å²) in [7, 11) is 0. The number of aliphatic hydroxyl groups is 1. The largest absolute Gasteiger partial charge is 0.462 e. The minimum absolute atomic E-state index is 0.240. The van der Waals surface area contributed by atoms with Crippen LogP contribution in [0.3, 0.4) is 0 Å². The average molecular weight is 264 g/mol. The Kier molecular flexibility index (Phi) is 4.27. The Morgan fingerprint density at radius 2 is 2.16 bits per heavy atom. The topological polar surface area (TPSA) is 75.8 Å². The fourth-order valence-electron chi connectivity index (χ4n) is 2.31. The number of benzene rings is 1. The fourth-order valence-corrected chi connectivity index (χ4v) is 2.31. The predicted molar refractivity (Wildman–Crippen MR) is 74.3 cm³/mol. The zero-order valence-electron chi connectivity index (χ0n) is 11.1. The molecule has 0 radical (unpaired) electrons. The van der Waals surface area contributed by atoms with Crippen molar-refractivity contribution in [2.75, 3.05) is 30.3 Å². The van der Waals surface area contributed by atoms with Gasteiger partial charge < -0.3 is 20.5 Å². The lowest BCUT2D eigenvalue weighted by Gasteiger charge is -2.32. The number of nitrogens with two attached hydrogens (primary N) is 1. The lowest BCUT2D eigenvalue weighted by atomic mass is 10.0. The quantitative estimate of drug-likeness (QED) is 0.637. The smallest absolute Gasteiger partial charge is 0.340 e. The summed E-state index contributed by atoms with van der Waals surface area (Å²) in [6.07, 6.45) is 1.19. The Hall–Kier alpha value is -1.75. The number of piperidine rings is 1. The standard InChI is InChI=1S/C14H20N2O3/c1-2-19-14(18)12-9-10(15)3-4-13(12)16-7-5-11(17)6-8-16/h3-4,9,11,17H,2,5-8,15H2,1H3. The van der Waals surface area contributed by atoms with Gasteiger partial charge in [0.2, 0.25) is 0 Å². The molecule has 1 heterocycles. The van der Waals surface area contributed by atoms with Crippen LogP contribution in [-0.4, -0.2) is 36.9 Å². The molecule has 0 atom stereocenters. The van der Waals surface area contributed by atoms with E-state index in [1.165, 1.54) is 0 Å². The van der Waals surface area contributed by atoms with Crippen LogP contribution in [-0.2, 0) is 4.74 Å². The second kappa shape index (κ2) is 5.93. The molecule has 0 bridgehead atoms. The van der Waals surface area contributed by atoms with Crippen LogP contribution in [0.5, 0.6) is 0 Å². The van der Waals surface area contributed by atoms with Crippen molar-refractivity contribution in [1.29, 1.82) is 0 Å². The molecule has 1 aliphatic heterocycles. The number of rotatable bonds is 3. The van der Waals surface area contributed by atoms with E-state index in [0.717, 1.165) is 18.8 Å². The van der Waals surface area contributed by atoms with Crippen molar-refractivity contribution in [3.05, 3.63) is 23.8 Å². The van der Waals surface area contributed by atoms with E-state index in [9.17, 15) is 9.90 Å². The van der Waals surface area contributed by atoms with E-state index < -0.39 is 0 Å². The maximum Gasteiger partial charge on any atom is 0.340 e. The highest BCUT2D eigenvalue weighted by molar-refractivity contribution is 5.97. The molecular formula is C14H20N2O3. The number of hydrogen-bond acceptors (Lipinski definition) is 5. The zero-order chi connectivity index (χ0) is 13.8. The van der Waals surface area contributed by atoms with Crippen LogP contribution < -0.4 is 10.6 Å². The average Bonchev–Trinajstić information content (AvgIpc) is 2.40. The SMILES string of the molecule is CCOC(=O)c1cc(N)ccc1N1CCC(O)CC1. The van der Waals surface area contributed by atoms with Gasteiger partial charge in [-0.15, -0.1) is 0 Å². The van der Waals surface area contributed by atoms with Gasteiger partial charge in [0.1, 0.15) is 0 Å². The molecule has 0 saturated carbocycles. The minimum atomic E-state index is -0.351. The molecule has 1 aromatic rings. The highest BCUT2D eigenvalue weighted by Crippen LogP contribution is 2.27. The van der Waals surface area contributed by atoms with Crippen LogP contribution in [0, 0.1) is 0 Å². The van der Waals surface area contributed by atoms with E-state index in [1.54, 1.807) is 19.1 Å². The molecule has 19 heavy (non-hydrogen) atoms. The first kappa shape index (κ1) is 13.7. The molecule has 104 valence electrons. The molecule has 0 amide bonds. The van der Waals surface area contributed by atoms with Crippen LogP contribution in [0.2, 0.25) is 0 Å². The zero-order valence-corrected chi connectivity index (χ0v) is 11.1. The van der Waals surface area contributed by atoms with Gasteiger partial charge in [0, 0.05) is 18.8 Å². The molecule has 0 spiro atoms. The molecule has 3 N–H and O–H groups in total.